The monoisotopic (exact) mass is 316 g/mol. The summed E-state index contributed by atoms with van der Waals surface area (Å²) in [6.45, 7) is 3.83. The number of nitrogens with zero attached hydrogens (tertiary/aromatic N) is 1. The Bertz CT molecular complexity index is 395. The molecular weight excluding hydrogens is 292 g/mol. The number of halogens is 1. The van der Waals surface area contributed by atoms with Gasteiger partial charge in [0.1, 0.15) is 0 Å². The summed E-state index contributed by atoms with van der Waals surface area (Å²) in [6.07, 6.45) is 4.91. The summed E-state index contributed by atoms with van der Waals surface area (Å²) in [5.74, 6) is 0.789. The molecule has 2 heterocycles. The molecule has 0 bridgehead atoms. The Kier molecular flexibility index (Phi) is 7.56. The first-order valence-corrected chi connectivity index (χ1v) is 8.10. The van der Waals surface area contributed by atoms with Gasteiger partial charge in [-0.3, -0.25) is 4.79 Å². The van der Waals surface area contributed by atoms with Crippen LogP contribution in [0.15, 0.2) is 17.5 Å². The molecule has 114 valence electrons. The van der Waals surface area contributed by atoms with Crippen molar-refractivity contribution in [2.24, 2.45) is 11.7 Å². The average molecular weight is 317 g/mol. The number of carbonyl (C=O) groups excluding carboxylic acids is 1. The normalized spacial score (nSPS) is 20.3. The van der Waals surface area contributed by atoms with Gasteiger partial charge < -0.3 is 10.6 Å². The fraction of sp³-hybridized carbons (Fsp3) is 0.667. The Morgan fingerprint density at radius 1 is 1.60 bits per heavy atom. The predicted molar refractivity (Wildman–Crippen MR) is 87.5 cm³/mol. The zero-order valence-corrected chi connectivity index (χ0v) is 13.7. The Morgan fingerprint density at radius 3 is 3.05 bits per heavy atom. The molecule has 0 spiro atoms. The molecule has 0 saturated carbocycles. The summed E-state index contributed by atoms with van der Waals surface area (Å²) in [6, 6.07) is 4.41. The van der Waals surface area contributed by atoms with Crippen LogP contribution in [-0.4, -0.2) is 29.9 Å². The molecule has 1 amide bonds. The van der Waals surface area contributed by atoms with Crippen LogP contribution in [0, 0.1) is 5.92 Å². The number of likely N-dealkylation sites (tertiary alicyclic amines) is 1. The molecule has 20 heavy (non-hydrogen) atoms. The van der Waals surface area contributed by atoms with Crippen LogP contribution in [0.2, 0.25) is 0 Å². The number of hydrogen-bond donors (Lipinski definition) is 1. The van der Waals surface area contributed by atoms with Crippen molar-refractivity contribution >= 4 is 29.7 Å². The van der Waals surface area contributed by atoms with Gasteiger partial charge in [-0.15, -0.1) is 23.7 Å². The highest BCUT2D eigenvalue weighted by Crippen LogP contribution is 2.20. The molecule has 1 saturated heterocycles. The van der Waals surface area contributed by atoms with Crippen molar-refractivity contribution in [2.75, 3.05) is 13.1 Å². The van der Waals surface area contributed by atoms with Gasteiger partial charge in [0.2, 0.25) is 5.91 Å². The smallest absolute Gasteiger partial charge is 0.222 e. The summed E-state index contributed by atoms with van der Waals surface area (Å²) in [5.41, 5.74) is 5.96. The lowest BCUT2D eigenvalue weighted by Crippen LogP contribution is -2.45. The third-order valence-corrected chi connectivity index (χ3v) is 4.88. The summed E-state index contributed by atoms with van der Waals surface area (Å²) >= 11 is 1.77. The number of carbonyl (C=O) groups is 1. The van der Waals surface area contributed by atoms with Crippen LogP contribution in [0.25, 0.3) is 0 Å². The number of piperidine rings is 1. The second-order valence-electron chi connectivity index (χ2n) is 5.53. The molecule has 0 aromatic carbocycles. The number of thiophene rings is 1. The molecule has 1 aliphatic heterocycles. The van der Waals surface area contributed by atoms with Crippen LogP contribution in [0.1, 0.15) is 37.5 Å². The molecule has 0 aliphatic carbocycles. The largest absolute Gasteiger partial charge is 0.342 e. The highest BCUT2D eigenvalue weighted by Gasteiger charge is 2.25. The minimum Gasteiger partial charge on any atom is -0.342 e. The maximum atomic E-state index is 12.2. The molecule has 1 fully saturated rings. The molecule has 2 unspecified atom stereocenters. The van der Waals surface area contributed by atoms with E-state index in [9.17, 15) is 4.79 Å². The third-order valence-electron chi connectivity index (χ3n) is 3.95. The van der Waals surface area contributed by atoms with E-state index in [0.29, 0.717) is 18.2 Å². The van der Waals surface area contributed by atoms with E-state index in [-0.39, 0.29) is 18.4 Å². The number of rotatable bonds is 5. The molecular formula is C15H25ClN2OS. The zero-order chi connectivity index (χ0) is 13.7. The first-order valence-electron chi connectivity index (χ1n) is 7.22. The second-order valence-corrected chi connectivity index (χ2v) is 6.57. The number of amides is 1. The summed E-state index contributed by atoms with van der Waals surface area (Å²) in [7, 11) is 0. The van der Waals surface area contributed by atoms with Crippen molar-refractivity contribution in [3.63, 3.8) is 0 Å². The van der Waals surface area contributed by atoms with Crippen molar-refractivity contribution < 1.29 is 4.79 Å². The second kappa shape index (κ2) is 8.65. The lowest BCUT2D eigenvalue weighted by Gasteiger charge is -2.34. The summed E-state index contributed by atoms with van der Waals surface area (Å²) < 4.78 is 0. The standard InChI is InChI=1S/C15H24N2OS.ClH/c1-12(16)13-5-3-9-17(11-13)15(18)8-2-6-14-7-4-10-19-14;/h4,7,10,12-13H,2-3,5-6,8-9,11,16H2,1H3;1H. The minimum atomic E-state index is 0. The van der Waals surface area contributed by atoms with E-state index in [1.54, 1.807) is 11.3 Å². The van der Waals surface area contributed by atoms with Gasteiger partial charge in [-0.25, -0.2) is 0 Å². The van der Waals surface area contributed by atoms with Gasteiger partial charge in [0.15, 0.2) is 0 Å². The highest BCUT2D eigenvalue weighted by molar-refractivity contribution is 7.09. The first kappa shape index (κ1) is 17.5. The SMILES string of the molecule is CC(N)C1CCCN(C(=O)CCCc2cccs2)C1.Cl. The van der Waals surface area contributed by atoms with Crippen LogP contribution >= 0.6 is 23.7 Å². The third kappa shape index (κ3) is 5.08. The van der Waals surface area contributed by atoms with E-state index in [0.717, 1.165) is 38.8 Å². The highest BCUT2D eigenvalue weighted by atomic mass is 35.5. The van der Waals surface area contributed by atoms with Gasteiger partial charge in [0.05, 0.1) is 0 Å². The molecule has 2 rings (SSSR count). The Hall–Kier alpha value is -0.580. The van der Waals surface area contributed by atoms with E-state index in [2.05, 4.69) is 24.4 Å². The Labute approximate surface area is 131 Å². The van der Waals surface area contributed by atoms with Crippen molar-refractivity contribution in [1.29, 1.82) is 0 Å². The van der Waals surface area contributed by atoms with Crippen LogP contribution in [0.3, 0.4) is 0 Å². The van der Waals surface area contributed by atoms with Crippen molar-refractivity contribution in [2.45, 2.75) is 45.1 Å². The topological polar surface area (TPSA) is 46.3 Å². The van der Waals surface area contributed by atoms with E-state index < -0.39 is 0 Å². The maximum Gasteiger partial charge on any atom is 0.222 e. The van der Waals surface area contributed by atoms with E-state index in [1.165, 1.54) is 4.88 Å². The first-order chi connectivity index (χ1) is 9.16. The molecule has 2 atom stereocenters. The van der Waals surface area contributed by atoms with Crippen molar-refractivity contribution in [3.8, 4) is 0 Å². The molecule has 2 N–H and O–H groups in total. The quantitative estimate of drug-likeness (QED) is 0.907. The summed E-state index contributed by atoms with van der Waals surface area (Å²) in [4.78, 5) is 15.6. The lowest BCUT2D eigenvalue weighted by atomic mass is 9.92. The van der Waals surface area contributed by atoms with Gasteiger partial charge in [-0.2, -0.15) is 0 Å². The number of hydrogen-bond acceptors (Lipinski definition) is 3. The van der Waals surface area contributed by atoms with E-state index in [4.69, 9.17) is 5.73 Å². The van der Waals surface area contributed by atoms with Crippen LogP contribution in [-0.2, 0) is 11.2 Å². The molecule has 1 aliphatic rings. The number of aryl methyl sites for hydroxylation is 1. The molecule has 0 radical (unpaired) electrons. The molecule has 5 heteroatoms. The van der Waals surface area contributed by atoms with Gasteiger partial charge in [0, 0.05) is 30.4 Å². The van der Waals surface area contributed by atoms with Crippen LogP contribution in [0.5, 0.6) is 0 Å². The Balaban J connectivity index is 0.00000200. The summed E-state index contributed by atoms with van der Waals surface area (Å²) in [5, 5.41) is 2.09. The molecule has 1 aromatic heterocycles. The van der Waals surface area contributed by atoms with Gasteiger partial charge in [-0.05, 0) is 50.0 Å². The van der Waals surface area contributed by atoms with E-state index >= 15 is 0 Å². The molecule has 1 aromatic rings. The minimum absolute atomic E-state index is 0. The van der Waals surface area contributed by atoms with Gasteiger partial charge in [0.25, 0.3) is 0 Å². The maximum absolute atomic E-state index is 12.2. The fourth-order valence-electron chi connectivity index (χ4n) is 2.69. The van der Waals surface area contributed by atoms with E-state index in [1.807, 2.05) is 4.90 Å². The van der Waals surface area contributed by atoms with Gasteiger partial charge in [-0.1, -0.05) is 6.07 Å². The molecule has 3 nitrogen and oxygen atoms in total. The average Bonchev–Trinajstić information content (AvgIpc) is 2.92. The lowest BCUT2D eigenvalue weighted by molar-refractivity contribution is -0.133. The zero-order valence-electron chi connectivity index (χ0n) is 12.1. The van der Waals surface area contributed by atoms with Crippen molar-refractivity contribution in [1.82, 2.24) is 4.90 Å². The predicted octanol–water partition coefficient (Wildman–Crippen LogP) is 3.08. The van der Waals surface area contributed by atoms with Crippen molar-refractivity contribution in [3.05, 3.63) is 22.4 Å². The van der Waals surface area contributed by atoms with Gasteiger partial charge >= 0.3 is 0 Å². The van der Waals surface area contributed by atoms with Crippen LogP contribution in [0.4, 0.5) is 0 Å². The Morgan fingerprint density at radius 2 is 2.40 bits per heavy atom. The fourth-order valence-corrected chi connectivity index (χ4v) is 3.44. The van der Waals surface area contributed by atoms with Crippen LogP contribution < -0.4 is 5.73 Å². The number of nitrogens with two attached hydrogens (primary N) is 1.